The molecule has 0 saturated heterocycles. The van der Waals surface area contributed by atoms with E-state index in [1.807, 2.05) is 37.3 Å². The SMILES string of the molecule is CCCCOc1ccc(C2C(C(=O)c3cc4cccc(OC)c4o3)=C(O)C(=O)N2Cc2ccccc2)cc1OCC. The molecule has 8 nitrogen and oxygen atoms in total. The highest BCUT2D eigenvalue weighted by Gasteiger charge is 2.45. The summed E-state index contributed by atoms with van der Waals surface area (Å²) in [7, 11) is 1.52. The average molecular weight is 556 g/mol. The summed E-state index contributed by atoms with van der Waals surface area (Å²) in [6, 6.07) is 20.8. The third kappa shape index (κ3) is 5.50. The third-order valence-corrected chi connectivity index (χ3v) is 7.03. The van der Waals surface area contributed by atoms with Gasteiger partial charge in [0.1, 0.15) is 0 Å². The summed E-state index contributed by atoms with van der Waals surface area (Å²) in [5.74, 6) is -0.287. The molecule has 0 aliphatic carbocycles. The zero-order valence-corrected chi connectivity index (χ0v) is 23.4. The number of fused-ring (bicyclic) bond motifs is 1. The Balaban J connectivity index is 1.60. The average Bonchev–Trinajstić information content (AvgIpc) is 3.53. The van der Waals surface area contributed by atoms with Crippen molar-refractivity contribution in [3.8, 4) is 17.2 Å². The molecule has 1 aliphatic rings. The quantitative estimate of drug-likeness (QED) is 0.152. The molecule has 212 valence electrons. The summed E-state index contributed by atoms with van der Waals surface area (Å²) in [6.07, 6.45) is 1.89. The number of hydrogen-bond acceptors (Lipinski definition) is 7. The number of carbonyl (C=O) groups excluding carboxylic acids is 2. The summed E-state index contributed by atoms with van der Waals surface area (Å²) in [6.45, 7) is 5.08. The smallest absolute Gasteiger partial charge is 0.290 e. The van der Waals surface area contributed by atoms with Crippen molar-refractivity contribution in [3.63, 3.8) is 0 Å². The molecule has 0 saturated carbocycles. The predicted octanol–water partition coefficient (Wildman–Crippen LogP) is 6.80. The molecule has 1 atom stereocenters. The van der Waals surface area contributed by atoms with Gasteiger partial charge in [-0.15, -0.1) is 0 Å². The van der Waals surface area contributed by atoms with Crippen LogP contribution in [0.15, 0.2) is 88.5 Å². The molecule has 5 rings (SSSR count). The van der Waals surface area contributed by atoms with Crippen LogP contribution in [0.5, 0.6) is 17.2 Å². The standard InChI is InChI=1S/C33H33NO7/c1-4-6-17-40-24-16-15-22(18-26(24)39-5-2)29-28(31(36)33(37)34(29)20-21-11-8-7-9-12-21)30(35)27-19-23-13-10-14-25(38-3)32(23)41-27/h7-16,18-19,29,36H,4-6,17,20H2,1-3H3. The van der Waals surface area contributed by atoms with Crippen molar-refractivity contribution >= 4 is 22.7 Å². The number of furan rings is 1. The maximum absolute atomic E-state index is 14.0. The number of benzene rings is 3. The number of aliphatic hydroxyl groups is 1. The zero-order chi connectivity index (χ0) is 28.9. The zero-order valence-electron chi connectivity index (χ0n) is 23.4. The van der Waals surface area contributed by atoms with Crippen LogP contribution in [0.1, 0.15) is 54.4 Å². The molecule has 2 heterocycles. The van der Waals surface area contributed by atoms with E-state index in [2.05, 4.69) is 6.92 Å². The molecular weight excluding hydrogens is 522 g/mol. The van der Waals surface area contributed by atoms with E-state index in [-0.39, 0.29) is 17.9 Å². The number of methoxy groups -OCH3 is 1. The lowest BCUT2D eigenvalue weighted by Gasteiger charge is -2.27. The van der Waals surface area contributed by atoms with Crippen LogP contribution in [0, 0.1) is 0 Å². The molecule has 0 bridgehead atoms. The molecule has 1 unspecified atom stereocenters. The fourth-order valence-corrected chi connectivity index (χ4v) is 5.03. The second-order valence-corrected chi connectivity index (χ2v) is 9.74. The van der Waals surface area contributed by atoms with Crippen LogP contribution in [0.2, 0.25) is 0 Å². The Morgan fingerprint density at radius 1 is 0.951 bits per heavy atom. The first-order valence-electron chi connectivity index (χ1n) is 13.8. The number of nitrogens with zero attached hydrogens (tertiary/aromatic N) is 1. The van der Waals surface area contributed by atoms with Crippen LogP contribution in [0.25, 0.3) is 11.0 Å². The van der Waals surface area contributed by atoms with E-state index in [9.17, 15) is 14.7 Å². The lowest BCUT2D eigenvalue weighted by Crippen LogP contribution is -2.30. The number of para-hydroxylation sites is 1. The maximum atomic E-state index is 14.0. The van der Waals surface area contributed by atoms with E-state index < -0.39 is 23.5 Å². The number of hydrogen-bond donors (Lipinski definition) is 1. The van der Waals surface area contributed by atoms with Crippen molar-refractivity contribution < 1.29 is 33.3 Å². The number of rotatable bonds is 12. The van der Waals surface area contributed by atoms with Crippen molar-refractivity contribution in [3.05, 3.63) is 101 Å². The van der Waals surface area contributed by atoms with Crippen LogP contribution in [-0.4, -0.2) is 42.0 Å². The van der Waals surface area contributed by atoms with E-state index >= 15 is 0 Å². The van der Waals surface area contributed by atoms with Crippen LogP contribution in [-0.2, 0) is 11.3 Å². The first kappa shape index (κ1) is 27.8. The second kappa shape index (κ2) is 12.2. The number of amides is 1. The van der Waals surface area contributed by atoms with E-state index in [4.69, 9.17) is 18.6 Å². The highest BCUT2D eigenvalue weighted by molar-refractivity contribution is 6.16. The number of ketones is 1. The van der Waals surface area contributed by atoms with Gasteiger partial charge in [0.2, 0.25) is 5.78 Å². The third-order valence-electron chi connectivity index (χ3n) is 7.03. The molecule has 0 radical (unpaired) electrons. The van der Waals surface area contributed by atoms with Gasteiger partial charge in [0.15, 0.2) is 34.4 Å². The van der Waals surface area contributed by atoms with Crippen molar-refractivity contribution in [2.75, 3.05) is 20.3 Å². The summed E-state index contributed by atoms with van der Waals surface area (Å²) in [5.41, 5.74) is 1.80. The predicted molar refractivity (Wildman–Crippen MR) is 154 cm³/mol. The van der Waals surface area contributed by atoms with Crippen molar-refractivity contribution in [1.29, 1.82) is 0 Å². The highest BCUT2D eigenvalue weighted by atomic mass is 16.5. The normalized spacial score (nSPS) is 15.0. The van der Waals surface area contributed by atoms with Gasteiger partial charge in [-0.25, -0.2) is 0 Å². The summed E-state index contributed by atoms with van der Waals surface area (Å²) in [5, 5.41) is 11.8. The summed E-state index contributed by atoms with van der Waals surface area (Å²) >= 11 is 0. The maximum Gasteiger partial charge on any atom is 0.290 e. The first-order valence-corrected chi connectivity index (χ1v) is 13.8. The Morgan fingerprint density at radius 2 is 1.76 bits per heavy atom. The van der Waals surface area contributed by atoms with Crippen LogP contribution in [0.4, 0.5) is 0 Å². The van der Waals surface area contributed by atoms with Crippen molar-refractivity contribution in [2.24, 2.45) is 0 Å². The number of ether oxygens (including phenoxy) is 3. The van der Waals surface area contributed by atoms with Crippen LogP contribution < -0.4 is 14.2 Å². The Bertz CT molecular complexity index is 1590. The molecule has 1 aliphatic heterocycles. The molecule has 1 aromatic heterocycles. The van der Waals surface area contributed by atoms with Gasteiger partial charge in [0.05, 0.1) is 31.9 Å². The van der Waals surface area contributed by atoms with Gasteiger partial charge in [0, 0.05) is 11.9 Å². The summed E-state index contributed by atoms with van der Waals surface area (Å²) < 4.78 is 23.2. The van der Waals surface area contributed by atoms with E-state index in [1.165, 1.54) is 12.0 Å². The number of unbranched alkanes of at least 4 members (excludes halogenated alkanes) is 1. The first-order chi connectivity index (χ1) is 20.0. The Hall–Kier alpha value is -4.72. The van der Waals surface area contributed by atoms with Gasteiger partial charge in [-0.2, -0.15) is 0 Å². The molecule has 0 spiro atoms. The molecule has 4 aromatic rings. The molecule has 1 N–H and O–H groups in total. The minimum absolute atomic E-state index is 0.00466. The molecule has 0 fully saturated rings. The van der Waals surface area contributed by atoms with Gasteiger partial charge >= 0.3 is 0 Å². The van der Waals surface area contributed by atoms with Gasteiger partial charge in [0.25, 0.3) is 5.91 Å². The lowest BCUT2D eigenvalue weighted by molar-refractivity contribution is -0.130. The number of aliphatic hydroxyl groups excluding tert-OH is 1. The topological polar surface area (TPSA) is 98.4 Å². The Morgan fingerprint density at radius 3 is 2.49 bits per heavy atom. The van der Waals surface area contributed by atoms with E-state index in [0.717, 1.165) is 18.4 Å². The van der Waals surface area contributed by atoms with Gasteiger partial charge in [-0.1, -0.05) is 61.9 Å². The fourth-order valence-electron chi connectivity index (χ4n) is 5.03. The minimum atomic E-state index is -0.894. The Kier molecular flexibility index (Phi) is 8.29. The largest absolute Gasteiger partial charge is 0.503 e. The second-order valence-electron chi connectivity index (χ2n) is 9.74. The number of Topliss-reactive ketones (excluding diaryl/α,β-unsaturated/α-hetero) is 1. The van der Waals surface area contributed by atoms with Gasteiger partial charge in [-0.05, 0) is 48.7 Å². The van der Waals surface area contributed by atoms with Gasteiger partial charge in [-0.3, -0.25) is 9.59 Å². The minimum Gasteiger partial charge on any atom is -0.503 e. The number of carbonyl (C=O) groups is 2. The van der Waals surface area contributed by atoms with Crippen molar-refractivity contribution in [2.45, 2.75) is 39.3 Å². The lowest BCUT2D eigenvalue weighted by atomic mass is 9.94. The fraction of sp³-hybridized carbons (Fsp3) is 0.273. The van der Waals surface area contributed by atoms with Crippen LogP contribution >= 0.6 is 0 Å². The monoisotopic (exact) mass is 555 g/mol. The Labute approximate surface area is 238 Å². The van der Waals surface area contributed by atoms with Crippen LogP contribution in [0.3, 0.4) is 0 Å². The molecule has 41 heavy (non-hydrogen) atoms. The highest BCUT2D eigenvalue weighted by Crippen LogP contribution is 2.43. The molecule has 3 aromatic carbocycles. The molecular formula is C33H33NO7. The van der Waals surface area contributed by atoms with E-state index in [0.29, 0.717) is 47.0 Å². The van der Waals surface area contributed by atoms with Gasteiger partial charge < -0.3 is 28.6 Å². The van der Waals surface area contributed by atoms with E-state index in [1.54, 1.807) is 42.5 Å². The summed E-state index contributed by atoms with van der Waals surface area (Å²) in [4.78, 5) is 29.0. The molecule has 8 heteroatoms. The molecule has 1 amide bonds. The van der Waals surface area contributed by atoms with Crippen molar-refractivity contribution in [1.82, 2.24) is 4.90 Å².